The molecule has 6 heteroatoms. The highest BCUT2D eigenvalue weighted by atomic mass is 16.5. The number of carbonyl (C=O) groups excluding carboxylic acids is 1. The van der Waals surface area contributed by atoms with Gasteiger partial charge in [-0.05, 0) is 65.3 Å². The van der Waals surface area contributed by atoms with Gasteiger partial charge in [-0.3, -0.25) is 9.79 Å². The molecular weight excluding hydrogens is 388 g/mol. The molecule has 2 aromatic carbocycles. The van der Waals surface area contributed by atoms with Crippen LogP contribution in [-0.2, 0) is 13.1 Å². The van der Waals surface area contributed by atoms with Crippen molar-refractivity contribution in [3.63, 3.8) is 0 Å². The molecule has 0 saturated carbocycles. The number of guanidine groups is 1. The number of nitrogens with one attached hydrogen (secondary N) is 3. The highest BCUT2D eigenvalue weighted by Gasteiger charge is 2.16. The number of hydrogen-bond donors (Lipinski definition) is 3. The van der Waals surface area contributed by atoms with E-state index >= 15 is 0 Å². The van der Waals surface area contributed by atoms with E-state index in [1.807, 2.05) is 90.1 Å². The average Bonchev–Trinajstić information content (AvgIpc) is 2.67. The third kappa shape index (κ3) is 8.70. The molecule has 2 rings (SSSR count). The smallest absolute Gasteiger partial charge is 0.251 e. The predicted molar refractivity (Wildman–Crippen MR) is 128 cm³/mol. The van der Waals surface area contributed by atoms with Gasteiger partial charge in [-0.25, -0.2) is 0 Å². The number of rotatable bonds is 6. The van der Waals surface area contributed by atoms with E-state index in [0.717, 1.165) is 16.9 Å². The second-order valence-electron chi connectivity index (χ2n) is 9.51. The summed E-state index contributed by atoms with van der Waals surface area (Å²) in [5, 5.41) is 9.63. The summed E-state index contributed by atoms with van der Waals surface area (Å²) in [6.45, 7) is 13.1. The van der Waals surface area contributed by atoms with E-state index < -0.39 is 0 Å². The molecule has 0 bridgehead atoms. The summed E-state index contributed by atoms with van der Waals surface area (Å²) in [5.74, 6) is 1.46. The van der Waals surface area contributed by atoms with Crippen LogP contribution in [0.25, 0.3) is 0 Å². The minimum atomic E-state index is -0.274. The molecule has 0 radical (unpaired) electrons. The molecule has 0 aliphatic heterocycles. The van der Waals surface area contributed by atoms with E-state index in [9.17, 15) is 4.79 Å². The SMILES string of the molecule is CN=C(NCc1cccc(C(=O)NC(C)(C)C)c1)NCc1ccccc1OC(C)(C)C. The van der Waals surface area contributed by atoms with Gasteiger partial charge in [0.15, 0.2) is 5.96 Å². The number of para-hydroxylation sites is 1. The van der Waals surface area contributed by atoms with E-state index in [-0.39, 0.29) is 17.0 Å². The lowest BCUT2D eigenvalue weighted by Crippen LogP contribution is -2.40. The largest absolute Gasteiger partial charge is 0.488 e. The molecule has 0 atom stereocenters. The maximum absolute atomic E-state index is 12.4. The molecule has 0 spiro atoms. The van der Waals surface area contributed by atoms with Crippen LogP contribution in [0.1, 0.15) is 63.0 Å². The van der Waals surface area contributed by atoms with Crippen molar-refractivity contribution in [1.29, 1.82) is 0 Å². The second-order valence-corrected chi connectivity index (χ2v) is 9.51. The van der Waals surface area contributed by atoms with Crippen molar-refractivity contribution in [2.24, 2.45) is 4.99 Å². The van der Waals surface area contributed by atoms with Gasteiger partial charge in [-0.2, -0.15) is 0 Å². The van der Waals surface area contributed by atoms with Gasteiger partial charge in [0.05, 0.1) is 0 Å². The molecular formula is C25H36N4O2. The fourth-order valence-corrected chi connectivity index (χ4v) is 2.90. The van der Waals surface area contributed by atoms with Gasteiger partial charge in [-0.1, -0.05) is 30.3 Å². The Morgan fingerprint density at radius 2 is 1.61 bits per heavy atom. The van der Waals surface area contributed by atoms with Crippen LogP contribution in [0.4, 0.5) is 0 Å². The average molecular weight is 425 g/mol. The summed E-state index contributed by atoms with van der Waals surface area (Å²) >= 11 is 0. The maximum Gasteiger partial charge on any atom is 0.251 e. The third-order valence-corrected chi connectivity index (χ3v) is 4.20. The highest BCUT2D eigenvalue weighted by molar-refractivity contribution is 5.94. The van der Waals surface area contributed by atoms with Crippen molar-refractivity contribution in [2.75, 3.05) is 7.05 Å². The zero-order valence-electron chi connectivity index (χ0n) is 19.8. The van der Waals surface area contributed by atoms with Crippen molar-refractivity contribution in [1.82, 2.24) is 16.0 Å². The Labute approximate surface area is 186 Å². The molecule has 31 heavy (non-hydrogen) atoms. The van der Waals surface area contributed by atoms with Gasteiger partial charge < -0.3 is 20.7 Å². The number of amides is 1. The van der Waals surface area contributed by atoms with Gasteiger partial charge >= 0.3 is 0 Å². The van der Waals surface area contributed by atoms with E-state index in [2.05, 4.69) is 20.9 Å². The number of aliphatic imine (C=N–C) groups is 1. The van der Waals surface area contributed by atoms with Crippen LogP contribution in [0.2, 0.25) is 0 Å². The number of benzene rings is 2. The molecule has 2 aromatic rings. The summed E-state index contributed by atoms with van der Waals surface area (Å²) < 4.78 is 6.06. The van der Waals surface area contributed by atoms with Crippen molar-refractivity contribution in [3.05, 3.63) is 65.2 Å². The first-order valence-electron chi connectivity index (χ1n) is 10.6. The second kappa shape index (κ2) is 10.3. The monoisotopic (exact) mass is 424 g/mol. The fourth-order valence-electron chi connectivity index (χ4n) is 2.90. The quantitative estimate of drug-likeness (QED) is 0.479. The van der Waals surface area contributed by atoms with Gasteiger partial charge in [0.1, 0.15) is 11.4 Å². The normalized spacial score (nSPS) is 12.3. The van der Waals surface area contributed by atoms with Gasteiger partial charge in [-0.15, -0.1) is 0 Å². The third-order valence-electron chi connectivity index (χ3n) is 4.20. The van der Waals surface area contributed by atoms with Crippen molar-refractivity contribution in [3.8, 4) is 5.75 Å². The van der Waals surface area contributed by atoms with Crippen LogP contribution in [-0.4, -0.2) is 30.1 Å². The molecule has 3 N–H and O–H groups in total. The minimum absolute atomic E-state index is 0.0766. The van der Waals surface area contributed by atoms with Gasteiger partial charge in [0.2, 0.25) is 0 Å². The zero-order chi connectivity index (χ0) is 23.1. The summed E-state index contributed by atoms with van der Waals surface area (Å²) in [6.07, 6.45) is 0. The Morgan fingerprint density at radius 1 is 0.935 bits per heavy atom. The Kier molecular flexibility index (Phi) is 8.08. The summed E-state index contributed by atoms with van der Waals surface area (Å²) in [4.78, 5) is 16.7. The van der Waals surface area contributed by atoms with Gasteiger partial charge in [0, 0.05) is 36.8 Å². The van der Waals surface area contributed by atoms with E-state index in [1.54, 1.807) is 7.05 Å². The molecule has 6 nitrogen and oxygen atoms in total. The molecule has 0 saturated heterocycles. The predicted octanol–water partition coefficient (Wildman–Crippen LogP) is 4.26. The molecule has 1 amide bonds. The van der Waals surface area contributed by atoms with E-state index in [1.165, 1.54) is 0 Å². The molecule has 168 valence electrons. The van der Waals surface area contributed by atoms with Crippen LogP contribution >= 0.6 is 0 Å². The number of hydrogen-bond acceptors (Lipinski definition) is 3. The number of ether oxygens (including phenoxy) is 1. The Morgan fingerprint density at radius 3 is 2.26 bits per heavy atom. The topological polar surface area (TPSA) is 74.8 Å². The lowest BCUT2D eigenvalue weighted by atomic mass is 10.1. The summed E-state index contributed by atoms with van der Waals surface area (Å²) in [7, 11) is 1.74. The molecule has 0 heterocycles. The van der Waals surface area contributed by atoms with Crippen molar-refractivity contribution in [2.45, 2.75) is 65.8 Å². The zero-order valence-corrected chi connectivity index (χ0v) is 19.8. The first-order valence-corrected chi connectivity index (χ1v) is 10.6. The fraction of sp³-hybridized carbons (Fsp3) is 0.440. The number of carbonyl (C=O) groups is 1. The Bertz CT molecular complexity index is 908. The maximum atomic E-state index is 12.4. The van der Waals surface area contributed by atoms with Crippen LogP contribution in [0.15, 0.2) is 53.5 Å². The van der Waals surface area contributed by atoms with E-state index in [0.29, 0.717) is 24.6 Å². The van der Waals surface area contributed by atoms with E-state index in [4.69, 9.17) is 4.74 Å². The lowest BCUT2D eigenvalue weighted by Gasteiger charge is -2.23. The summed E-state index contributed by atoms with van der Waals surface area (Å²) in [6, 6.07) is 15.6. The van der Waals surface area contributed by atoms with Crippen LogP contribution in [0.5, 0.6) is 5.75 Å². The molecule has 0 unspecified atom stereocenters. The van der Waals surface area contributed by atoms with Crippen molar-refractivity contribution >= 4 is 11.9 Å². The summed E-state index contributed by atoms with van der Waals surface area (Å²) in [5.41, 5.74) is 2.16. The standard InChI is InChI=1S/C25H36N4O2/c1-24(2,3)29-22(30)19-13-10-11-18(15-19)16-27-23(26-7)28-17-20-12-8-9-14-21(20)31-25(4,5)6/h8-15H,16-17H2,1-7H3,(H,29,30)(H2,26,27,28). The Hall–Kier alpha value is -3.02. The minimum Gasteiger partial charge on any atom is -0.488 e. The number of nitrogens with zero attached hydrogens (tertiary/aromatic N) is 1. The van der Waals surface area contributed by atoms with Crippen LogP contribution in [0.3, 0.4) is 0 Å². The van der Waals surface area contributed by atoms with Crippen molar-refractivity contribution < 1.29 is 9.53 Å². The molecule has 0 aliphatic carbocycles. The first kappa shape index (κ1) is 24.3. The molecule has 0 aliphatic rings. The first-order chi connectivity index (χ1) is 14.5. The van der Waals surface area contributed by atoms with Crippen LogP contribution < -0.4 is 20.7 Å². The van der Waals surface area contributed by atoms with Gasteiger partial charge in [0.25, 0.3) is 5.91 Å². The lowest BCUT2D eigenvalue weighted by molar-refractivity contribution is 0.0919. The Balaban J connectivity index is 1.97. The molecule has 0 aromatic heterocycles. The molecule has 0 fully saturated rings. The highest BCUT2D eigenvalue weighted by Crippen LogP contribution is 2.22. The van der Waals surface area contributed by atoms with Crippen LogP contribution in [0, 0.1) is 0 Å².